The first kappa shape index (κ1) is 20.2. The number of benzene rings is 3. The van der Waals surface area contributed by atoms with Gasteiger partial charge in [0.2, 0.25) is 5.91 Å². The van der Waals surface area contributed by atoms with Crippen molar-refractivity contribution in [3.05, 3.63) is 106 Å². The molecule has 1 aliphatic heterocycles. The van der Waals surface area contributed by atoms with Crippen LogP contribution in [0.4, 0.5) is 0 Å². The molecular formula is C25H23ClN2O2. The van der Waals surface area contributed by atoms with Crippen molar-refractivity contribution in [3.8, 4) is 0 Å². The molecule has 0 saturated heterocycles. The Morgan fingerprint density at radius 3 is 2.43 bits per heavy atom. The highest BCUT2D eigenvalue weighted by atomic mass is 35.5. The molecule has 2 amide bonds. The van der Waals surface area contributed by atoms with E-state index in [-0.39, 0.29) is 24.3 Å². The molecule has 5 heteroatoms. The van der Waals surface area contributed by atoms with Crippen LogP contribution in [0.25, 0.3) is 0 Å². The van der Waals surface area contributed by atoms with Crippen molar-refractivity contribution in [1.29, 1.82) is 0 Å². The van der Waals surface area contributed by atoms with Gasteiger partial charge in [0.15, 0.2) is 0 Å². The van der Waals surface area contributed by atoms with E-state index in [1.807, 2.05) is 67.6 Å². The molecule has 0 aliphatic carbocycles. The van der Waals surface area contributed by atoms with Crippen LogP contribution in [0.3, 0.4) is 0 Å². The van der Waals surface area contributed by atoms with Crippen LogP contribution in [0.15, 0.2) is 72.8 Å². The molecule has 0 saturated carbocycles. The first-order valence-corrected chi connectivity index (χ1v) is 10.4. The fourth-order valence-corrected chi connectivity index (χ4v) is 3.90. The van der Waals surface area contributed by atoms with E-state index in [4.69, 9.17) is 11.6 Å². The minimum absolute atomic E-state index is 0.0262. The second kappa shape index (κ2) is 8.72. The summed E-state index contributed by atoms with van der Waals surface area (Å²) >= 11 is 5.92. The molecule has 3 aromatic carbocycles. The summed E-state index contributed by atoms with van der Waals surface area (Å²) in [6, 6.07) is 22.7. The van der Waals surface area contributed by atoms with Crippen molar-refractivity contribution in [2.45, 2.75) is 32.5 Å². The highest BCUT2D eigenvalue weighted by molar-refractivity contribution is 6.30. The summed E-state index contributed by atoms with van der Waals surface area (Å²) < 4.78 is 0. The van der Waals surface area contributed by atoms with Gasteiger partial charge in [-0.25, -0.2) is 0 Å². The summed E-state index contributed by atoms with van der Waals surface area (Å²) in [6.07, 6.45) is 0.205. The maximum Gasteiger partial charge on any atom is 0.255 e. The van der Waals surface area contributed by atoms with E-state index in [1.165, 1.54) is 0 Å². The molecule has 0 bridgehead atoms. The quantitative estimate of drug-likeness (QED) is 0.608. The average molecular weight is 419 g/mol. The van der Waals surface area contributed by atoms with Gasteiger partial charge in [0, 0.05) is 23.7 Å². The number of nitrogens with one attached hydrogen (secondary N) is 1. The van der Waals surface area contributed by atoms with Gasteiger partial charge in [-0.3, -0.25) is 9.59 Å². The van der Waals surface area contributed by atoms with Crippen molar-refractivity contribution in [2.24, 2.45) is 0 Å². The third kappa shape index (κ3) is 4.39. The summed E-state index contributed by atoms with van der Waals surface area (Å²) in [6.45, 7) is 2.96. The third-order valence-corrected chi connectivity index (χ3v) is 5.72. The number of hydrogen-bond acceptors (Lipinski definition) is 2. The number of halogens is 1. The Hall–Kier alpha value is -3.11. The highest BCUT2D eigenvalue weighted by Crippen LogP contribution is 2.33. The smallest absolute Gasteiger partial charge is 0.255 e. The van der Waals surface area contributed by atoms with Crippen molar-refractivity contribution >= 4 is 23.4 Å². The SMILES string of the molecule is Cc1ccc([C@H](CC(=O)NCc2ccc(Cl)cc2)N2Cc3ccccc3C2=O)cc1. The molecule has 1 atom stereocenters. The molecule has 0 unspecified atom stereocenters. The molecule has 1 N–H and O–H groups in total. The Morgan fingerprint density at radius 1 is 1.03 bits per heavy atom. The molecule has 0 spiro atoms. The van der Waals surface area contributed by atoms with Gasteiger partial charge < -0.3 is 10.2 Å². The standard InChI is InChI=1S/C25H23ClN2O2/c1-17-6-10-19(11-7-17)23(28-16-20-4-2-3-5-22(20)25(28)30)14-24(29)27-15-18-8-12-21(26)13-9-18/h2-13,23H,14-16H2,1H3,(H,27,29)/t23-/m0/s1. The monoisotopic (exact) mass is 418 g/mol. The molecule has 4 nitrogen and oxygen atoms in total. The number of aryl methyl sites for hydroxylation is 1. The van der Waals surface area contributed by atoms with Crippen molar-refractivity contribution in [2.75, 3.05) is 0 Å². The predicted octanol–water partition coefficient (Wildman–Crippen LogP) is 5.05. The van der Waals surface area contributed by atoms with Gasteiger partial charge >= 0.3 is 0 Å². The molecule has 152 valence electrons. The summed E-state index contributed by atoms with van der Waals surface area (Å²) in [5.41, 5.74) is 4.80. The Kier molecular flexibility index (Phi) is 5.86. The van der Waals surface area contributed by atoms with Crippen LogP contribution in [-0.2, 0) is 17.9 Å². The van der Waals surface area contributed by atoms with Gasteiger partial charge in [0.1, 0.15) is 0 Å². The molecule has 0 fully saturated rings. The van der Waals surface area contributed by atoms with E-state index in [9.17, 15) is 9.59 Å². The lowest BCUT2D eigenvalue weighted by Gasteiger charge is -2.28. The van der Waals surface area contributed by atoms with Crippen molar-refractivity contribution in [1.82, 2.24) is 10.2 Å². The zero-order valence-electron chi connectivity index (χ0n) is 16.8. The number of rotatable bonds is 6. The summed E-state index contributed by atoms with van der Waals surface area (Å²) in [7, 11) is 0. The van der Waals surface area contributed by atoms with Gasteiger partial charge in [0.25, 0.3) is 5.91 Å². The predicted molar refractivity (Wildman–Crippen MR) is 118 cm³/mol. The topological polar surface area (TPSA) is 49.4 Å². The first-order chi connectivity index (χ1) is 14.5. The van der Waals surface area contributed by atoms with Gasteiger partial charge in [-0.15, -0.1) is 0 Å². The largest absolute Gasteiger partial charge is 0.352 e. The van der Waals surface area contributed by atoms with E-state index in [2.05, 4.69) is 5.32 Å². The lowest BCUT2D eigenvalue weighted by atomic mass is 10.00. The number of carbonyl (C=O) groups excluding carboxylic acids is 2. The average Bonchev–Trinajstić information content (AvgIpc) is 3.09. The number of nitrogens with zero attached hydrogens (tertiary/aromatic N) is 1. The highest BCUT2D eigenvalue weighted by Gasteiger charge is 2.34. The van der Waals surface area contributed by atoms with Crippen molar-refractivity contribution in [3.63, 3.8) is 0 Å². The van der Waals surface area contributed by atoms with Crippen LogP contribution in [0, 0.1) is 6.92 Å². The van der Waals surface area contributed by atoms with Crippen LogP contribution in [0.2, 0.25) is 5.02 Å². The molecule has 0 aromatic heterocycles. The van der Waals surface area contributed by atoms with Crippen LogP contribution >= 0.6 is 11.6 Å². The Morgan fingerprint density at radius 2 is 1.73 bits per heavy atom. The molecule has 4 rings (SSSR count). The number of carbonyl (C=O) groups is 2. The van der Waals surface area contributed by atoms with Crippen LogP contribution < -0.4 is 5.32 Å². The molecule has 30 heavy (non-hydrogen) atoms. The van der Waals surface area contributed by atoms with E-state index in [0.29, 0.717) is 18.1 Å². The van der Waals surface area contributed by atoms with E-state index in [1.54, 1.807) is 17.0 Å². The van der Waals surface area contributed by atoms with E-state index in [0.717, 1.165) is 27.8 Å². The summed E-state index contributed by atoms with van der Waals surface area (Å²) in [4.78, 5) is 27.7. The van der Waals surface area contributed by atoms with Crippen LogP contribution in [-0.4, -0.2) is 16.7 Å². The molecule has 1 aliphatic rings. The van der Waals surface area contributed by atoms with Gasteiger partial charge in [-0.2, -0.15) is 0 Å². The van der Waals surface area contributed by atoms with Gasteiger partial charge in [-0.05, 0) is 41.8 Å². The second-order valence-corrected chi connectivity index (χ2v) is 8.06. The van der Waals surface area contributed by atoms with Crippen molar-refractivity contribution < 1.29 is 9.59 Å². The van der Waals surface area contributed by atoms with Gasteiger partial charge in [0.05, 0.1) is 12.5 Å². The fraction of sp³-hybridized carbons (Fsp3) is 0.200. The molecule has 0 radical (unpaired) electrons. The maximum absolute atomic E-state index is 13.1. The fourth-order valence-electron chi connectivity index (χ4n) is 3.78. The number of fused-ring (bicyclic) bond motifs is 1. The van der Waals surface area contributed by atoms with E-state index >= 15 is 0 Å². The lowest BCUT2D eigenvalue weighted by Crippen LogP contribution is -2.34. The zero-order valence-corrected chi connectivity index (χ0v) is 17.5. The number of hydrogen-bond donors (Lipinski definition) is 1. The number of amides is 2. The Balaban J connectivity index is 1.52. The Bertz CT molecular complexity index is 1060. The first-order valence-electron chi connectivity index (χ1n) is 9.98. The summed E-state index contributed by atoms with van der Waals surface area (Å²) in [5.74, 6) is -0.124. The summed E-state index contributed by atoms with van der Waals surface area (Å²) in [5, 5.41) is 3.63. The van der Waals surface area contributed by atoms with E-state index < -0.39 is 0 Å². The Labute approximate surface area is 181 Å². The molecule has 1 heterocycles. The molecule has 3 aromatic rings. The second-order valence-electron chi connectivity index (χ2n) is 7.62. The maximum atomic E-state index is 13.1. The van der Waals surface area contributed by atoms with Gasteiger partial charge in [-0.1, -0.05) is 71.8 Å². The minimum atomic E-state index is -0.323. The zero-order chi connectivity index (χ0) is 21.1. The van der Waals surface area contributed by atoms with Crippen LogP contribution in [0.1, 0.15) is 45.1 Å². The lowest BCUT2D eigenvalue weighted by molar-refractivity contribution is -0.122. The third-order valence-electron chi connectivity index (χ3n) is 5.47. The molecular weight excluding hydrogens is 396 g/mol. The normalized spacial score (nSPS) is 13.8. The minimum Gasteiger partial charge on any atom is -0.352 e. The van der Waals surface area contributed by atoms with Crippen LogP contribution in [0.5, 0.6) is 0 Å².